The van der Waals surface area contributed by atoms with E-state index in [0.717, 1.165) is 9.94 Å². The number of nitrogens with zero attached hydrogens (tertiary/aromatic N) is 1. The number of hydrogen-bond acceptors (Lipinski definition) is 4. The largest absolute Gasteiger partial charge is 0.500 e. The van der Waals surface area contributed by atoms with Crippen molar-refractivity contribution in [3.8, 4) is 5.88 Å². The summed E-state index contributed by atoms with van der Waals surface area (Å²) >= 11 is 3.40. The summed E-state index contributed by atoms with van der Waals surface area (Å²) in [6.45, 7) is 8.07. The molecule has 2 heterocycles. The lowest BCUT2D eigenvalue weighted by Crippen LogP contribution is -2.41. The summed E-state index contributed by atoms with van der Waals surface area (Å²) in [5.74, 6) is 0.525. The summed E-state index contributed by atoms with van der Waals surface area (Å²) in [6, 6.07) is 1.91. The molecule has 0 atom stereocenters. The first kappa shape index (κ1) is 13.8. The number of ether oxygens (including phenoxy) is 1. The van der Waals surface area contributed by atoms with E-state index in [4.69, 9.17) is 14.0 Å². The van der Waals surface area contributed by atoms with Crippen LogP contribution in [0.4, 0.5) is 0 Å². The molecule has 1 aromatic heterocycles. The first-order chi connectivity index (χ1) is 8.27. The number of hydrogen-bond donors (Lipinski definition) is 0. The molecule has 98 valence electrons. The minimum atomic E-state index is -0.463. The van der Waals surface area contributed by atoms with Crippen LogP contribution in [-0.2, 0) is 9.31 Å². The first-order valence-corrected chi connectivity index (χ1v) is 6.61. The second-order valence-electron chi connectivity index (χ2n) is 5.34. The van der Waals surface area contributed by atoms with E-state index >= 15 is 0 Å². The topological polar surface area (TPSA) is 40.6 Å². The third-order valence-electron chi connectivity index (χ3n) is 3.55. The standard InChI is InChI=1S/C12H17BBrNO3/c1-11(2)12(3,4)18-13(17-11)9-6-8(14)7-15-10(9)16-5/h6-7H,1-5H3. The third kappa shape index (κ3) is 2.29. The van der Waals surface area contributed by atoms with Gasteiger partial charge in [-0.05, 0) is 49.7 Å². The lowest BCUT2D eigenvalue weighted by atomic mass is 9.80. The molecule has 0 aliphatic carbocycles. The van der Waals surface area contributed by atoms with Crippen molar-refractivity contribution in [2.75, 3.05) is 7.11 Å². The number of rotatable bonds is 2. The van der Waals surface area contributed by atoms with Gasteiger partial charge in [0, 0.05) is 16.1 Å². The monoisotopic (exact) mass is 313 g/mol. The molecule has 0 radical (unpaired) electrons. The Morgan fingerprint density at radius 3 is 2.28 bits per heavy atom. The zero-order valence-corrected chi connectivity index (χ0v) is 12.9. The molecular weight excluding hydrogens is 297 g/mol. The smallest absolute Gasteiger partial charge is 0.481 e. The molecule has 0 amide bonds. The molecule has 0 unspecified atom stereocenters. The normalized spacial score (nSPS) is 21.1. The van der Waals surface area contributed by atoms with E-state index in [1.807, 2.05) is 33.8 Å². The second-order valence-corrected chi connectivity index (χ2v) is 6.26. The predicted octanol–water partition coefficient (Wildman–Crippen LogP) is 2.15. The first-order valence-electron chi connectivity index (χ1n) is 5.82. The molecule has 2 rings (SSSR count). The van der Waals surface area contributed by atoms with E-state index in [2.05, 4.69) is 20.9 Å². The van der Waals surface area contributed by atoms with Gasteiger partial charge in [0.2, 0.25) is 5.88 Å². The van der Waals surface area contributed by atoms with Gasteiger partial charge in [-0.3, -0.25) is 0 Å². The Morgan fingerprint density at radius 1 is 1.22 bits per heavy atom. The molecule has 1 saturated heterocycles. The Labute approximate surface area is 116 Å². The third-order valence-corrected chi connectivity index (χ3v) is 3.98. The number of aromatic nitrogens is 1. The summed E-state index contributed by atoms with van der Waals surface area (Å²) in [5, 5.41) is 0. The van der Waals surface area contributed by atoms with Gasteiger partial charge < -0.3 is 14.0 Å². The Morgan fingerprint density at radius 2 is 1.78 bits per heavy atom. The number of halogens is 1. The lowest BCUT2D eigenvalue weighted by Gasteiger charge is -2.32. The Balaban J connectivity index is 2.37. The van der Waals surface area contributed by atoms with Crippen molar-refractivity contribution in [1.82, 2.24) is 4.98 Å². The van der Waals surface area contributed by atoms with Crippen LogP contribution < -0.4 is 10.2 Å². The van der Waals surface area contributed by atoms with Crippen molar-refractivity contribution in [1.29, 1.82) is 0 Å². The fraction of sp³-hybridized carbons (Fsp3) is 0.583. The lowest BCUT2D eigenvalue weighted by molar-refractivity contribution is 0.00578. The second kappa shape index (κ2) is 4.51. The van der Waals surface area contributed by atoms with Gasteiger partial charge in [0.1, 0.15) is 0 Å². The van der Waals surface area contributed by atoms with Crippen molar-refractivity contribution < 1.29 is 14.0 Å². The van der Waals surface area contributed by atoms with Gasteiger partial charge in [-0.15, -0.1) is 0 Å². The van der Waals surface area contributed by atoms with E-state index in [-0.39, 0.29) is 11.2 Å². The molecule has 0 spiro atoms. The van der Waals surface area contributed by atoms with Gasteiger partial charge in [-0.25, -0.2) is 4.98 Å². The van der Waals surface area contributed by atoms with Crippen LogP contribution in [0.1, 0.15) is 27.7 Å². The van der Waals surface area contributed by atoms with Gasteiger partial charge in [0.05, 0.1) is 18.3 Å². The van der Waals surface area contributed by atoms with E-state index in [1.54, 1.807) is 13.3 Å². The highest BCUT2D eigenvalue weighted by Gasteiger charge is 2.52. The average molecular weight is 314 g/mol. The fourth-order valence-electron chi connectivity index (χ4n) is 1.75. The van der Waals surface area contributed by atoms with Crippen molar-refractivity contribution >= 4 is 28.5 Å². The molecule has 0 saturated carbocycles. The summed E-state index contributed by atoms with van der Waals surface area (Å²) in [4.78, 5) is 4.21. The highest BCUT2D eigenvalue weighted by atomic mass is 79.9. The number of methoxy groups -OCH3 is 1. The van der Waals surface area contributed by atoms with Gasteiger partial charge in [-0.1, -0.05) is 0 Å². The fourth-order valence-corrected chi connectivity index (χ4v) is 2.10. The summed E-state index contributed by atoms with van der Waals surface area (Å²) in [5.41, 5.74) is 0.0567. The number of pyridine rings is 1. The van der Waals surface area contributed by atoms with Crippen molar-refractivity contribution in [2.45, 2.75) is 38.9 Å². The van der Waals surface area contributed by atoms with Crippen LogP contribution >= 0.6 is 15.9 Å². The molecule has 1 aliphatic heterocycles. The quantitative estimate of drug-likeness (QED) is 0.785. The minimum absolute atomic E-state index is 0.370. The summed E-state index contributed by atoms with van der Waals surface area (Å²) < 4.78 is 18.1. The molecule has 1 fully saturated rings. The average Bonchev–Trinajstić information content (AvgIpc) is 2.48. The Bertz CT molecular complexity index is 449. The SMILES string of the molecule is COc1ncc(Br)cc1B1OC(C)(C)C(C)(C)O1. The van der Waals surface area contributed by atoms with Crippen LogP contribution in [0.15, 0.2) is 16.7 Å². The molecule has 1 aliphatic rings. The molecular formula is C12H17BBrNO3. The Kier molecular flexibility index (Phi) is 3.47. The summed E-state index contributed by atoms with van der Waals surface area (Å²) in [7, 11) is 1.13. The predicted molar refractivity (Wildman–Crippen MR) is 74.2 cm³/mol. The van der Waals surface area contributed by atoms with Crippen LogP contribution in [-0.4, -0.2) is 30.4 Å². The van der Waals surface area contributed by atoms with Crippen LogP contribution in [0, 0.1) is 0 Å². The minimum Gasteiger partial charge on any atom is -0.481 e. The van der Waals surface area contributed by atoms with E-state index < -0.39 is 7.12 Å². The van der Waals surface area contributed by atoms with Gasteiger partial charge >= 0.3 is 7.12 Å². The van der Waals surface area contributed by atoms with Gasteiger partial charge in [-0.2, -0.15) is 0 Å². The highest BCUT2D eigenvalue weighted by Crippen LogP contribution is 2.37. The molecule has 6 heteroatoms. The van der Waals surface area contributed by atoms with E-state index in [1.165, 1.54) is 0 Å². The maximum Gasteiger partial charge on any atom is 0.500 e. The highest BCUT2D eigenvalue weighted by molar-refractivity contribution is 9.10. The molecule has 0 N–H and O–H groups in total. The van der Waals surface area contributed by atoms with E-state index in [9.17, 15) is 0 Å². The summed E-state index contributed by atoms with van der Waals surface area (Å²) in [6.07, 6.45) is 1.69. The maximum atomic E-state index is 5.98. The van der Waals surface area contributed by atoms with Gasteiger partial charge in [0.25, 0.3) is 0 Å². The maximum absolute atomic E-state index is 5.98. The van der Waals surface area contributed by atoms with Crippen LogP contribution in [0.3, 0.4) is 0 Å². The molecule has 18 heavy (non-hydrogen) atoms. The molecule has 0 bridgehead atoms. The van der Waals surface area contributed by atoms with Crippen LogP contribution in [0.25, 0.3) is 0 Å². The van der Waals surface area contributed by atoms with Crippen LogP contribution in [0.2, 0.25) is 0 Å². The van der Waals surface area contributed by atoms with Crippen molar-refractivity contribution in [3.05, 3.63) is 16.7 Å². The molecule has 4 nitrogen and oxygen atoms in total. The van der Waals surface area contributed by atoms with Gasteiger partial charge in [0.15, 0.2) is 0 Å². The van der Waals surface area contributed by atoms with E-state index in [0.29, 0.717) is 5.88 Å². The van der Waals surface area contributed by atoms with Crippen molar-refractivity contribution in [2.24, 2.45) is 0 Å². The Hall–Kier alpha value is -0.585. The van der Waals surface area contributed by atoms with Crippen molar-refractivity contribution in [3.63, 3.8) is 0 Å². The molecule has 0 aromatic carbocycles. The molecule has 1 aromatic rings. The van der Waals surface area contributed by atoms with Crippen LogP contribution in [0.5, 0.6) is 5.88 Å². The zero-order chi connectivity index (χ0) is 13.6. The zero-order valence-electron chi connectivity index (χ0n) is 11.3.